The second-order valence-corrected chi connectivity index (χ2v) is 8.57. The lowest BCUT2D eigenvalue weighted by molar-refractivity contribution is -0.394. The molecule has 0 bridgehead atoms. The highest BCUT2D eigenvalue weighted by atomic mass is 16.8. The molecule has 0 amide bonds. The van der Waals surface area contributed by atoms with Crippen LogP contribution in [0, 0.1) is 0 Å². The largest absolute Gasteiger partial charge is 0.427 e. The Bertz CT molecular complexity index is 577. The summed E-state index contributed by atoms with van der Waals surface area (Å²) >= 11 is 0. The van der Waals surface area contributed by atoms with Crippen molar-refractivity contribution in [3.8, 4) is 0 Å². The molecule has 33 heavy (non-hydrogen) atoms. The topological polar surface area (TPSA) is 126 Å². The van der Waals surface area contributed by atoms with E-state index in [1.165, 1.54) is 32.8 Å². The molecule has 4 N–H and O–H groups in total. The van der Waals surface area contributed by atoms with Crippen LogP contribution in [0.25, 0.3) is 0 Å². The molecule has 0 spiro atoms. The van der Waals surface area contributed by atoms with E-state index in [0.29, 0.717) is 6.42 Å². The molecule has 0 aliphatic carbocycles. The zero-order valence-corrected chi connectivity index (χ0v) is 20.2. The van der Waals surface area contributed by atoms with Crippen LogP contribution in [-0.2, 0) is 19.0 Å². The number of ether oxygens (including phenoxy) is 3. The van der Waals surface area contributed by atoms with Gasteiger partial charge in [0.1, 0.15) is 18.8 Å². The van der Waals surface area contributed by atoms with Gasteiger partial charge >= 0.3 is 5.97 Å². The van der Waals surface area contributed by atoms with Gasteiger partial charge in [0.25, 0.3) is 5.79 Å². The number of rotatable bonds is 17. The Kier molecular flexibility index (Phi) is 15.5. The molecule has 0 saturated carbocycles. The second kappa shape index (κ2) is 17.2. The lowest BCUT2D eigenvalue weighted by Crippen LogP contribution is -2.67. The fraction of sp³-hybridized carbons (Fsp3) is 0.800. The number of carbonyl (C=O) groups excluding carboxylic acids is 1. The third kappa shape index (κ3) is 10.7. The van der Waals surface area contributed by atoms with Gasteiger partial charge < -0.3 is 34.6 Å². The molecule has 1 rings (SSSR count). The Morgan fingerprint density at radius 1 is 0.909 bits per heavy atom. The van der Waals surface area contributed by atoms with Gasteiger partial charge in [-0.3, -0.25) is 4.79 Å². The summed E-state index contributed by atoms with van der Waals surface area (Å²) in [5.41, 5.74) is 0. The molecule has 0 aromatic carbocycles. The first-order chi connectivity index (χ1) is 15.9. The summed E-state index contributed by atoms with van der Waals surface area (Å²) in [5, 5.41) is 39.7. The zero-order chi connectivity index (χ0) is 24.5. The SMILES string of the molecule is CCCCC/C=C\C/C=C\CCCCCCCC(=O)OC1(CO)O[C@H](OC)[C@@H](O)[C@@H](O)[C@H]1O. The molecule has 0 radical (unpaired) electrons. The average molecular weight is 473 g/mol. The summed E-state index contributed by atoms with van der Waals surface area (Å²) in [6, 6.07) is 0. The van der Waals surface area contributed by atoms with Crippen LogP contribution < -0.4 is 0 Å². The normalized spacial score (nSPS) is 28.1. The number of aliphatic hydroxyl groups is 4. The summed E-state index contributed by atoms with van der Waals surface area (Å²) in [4.78, 5) is 12.2. The summed E-state index contributed by atoms with van der Waals surface area (Å²) in [5.74, 6) is -2.83. The third-order valence-corrected chi connectivity index (χ3v) is 5.79. The van der Waals surface area contributed by atoms with Crippen LogP contribution in [0.2, 0.25) is 0 Å². The van der Waals surface area contributed by atoms with Crippen molar-refractivity contribution in [2.75, 3.05) is 13.7 Å². The van der Waals surface area contributed by atoms with Crippen molar-refractivity contribution < 1.29 is 39.4 Å². The molecule has 5 atom stereocenters. The predicted molar refractivity (Wildman–Crippen MR) is 125 cm³/mol. The summed E-state index contributed by atoms with van der Waals surface area (Å²) in [6.45, 7) is 1.33. The van der Waals surface area contributed by atoms with E-state index >= 15 is 0 Å². The van der Waals surface area contributed by atoms with E-state index in [2.05, 4.69) is 31.2 Å². The van der Waals surface area contributed by atoms with Crippen molar-refractivity contribution in [1.29, 1.82) is 0 Å². The molecule has 0 aromatic heterocycles. The molecule has 1 unspecified atom stereocenters. The Labute approximate surface area is 198 Å². The first kappa shape index (κ1) is 29.7. The van der Waals surface area contributed by atoms with E-state index in [4.69, 9.17) is 14.2 Å². The molecule has 1 fully saturated rings. The summed E-state index contributed by atoms with van der Waals surface area (Å²) in [7, 11) is 1.23. The number of unbranched alkanes of at least 4 members (excludes halogenated alkanes) is 8. The highest BCUT2D eigenvalue weighted by Gasteiger charge is 2.56. The van der Waals surface area contributed by atoms with Crippen molar-refractivity contribution in [1.82, 2.24) is 0 Å². The number of carbonyl (C=O) groups is 1. The zero-order valence-electron chi connectivity index (χ0n) is 20.2. The van der Waals surface area contributed by atoms with Crippen LogP contribution in [0.4, 0.5) is 0 Å². The van der Waals surface area contributed by atoms with Crippen molar-refractivity contribution in [3.63, 3.8) is 0 Å². The van der Waals surface area contributed by atoms with Crippen LogP contribution in [0.1, 0.15) is 84.0 Å². The molecule has 192 valence electrons. The Hall–Kier alpha value is -1.29. The molecule has 0 aromatic rings. The number of aliphatic hydroxyl groups excluding tert-OH is 4. The van der Waals surface area contributed by atoms with Crippen molar-refractivity contribution >= 4 is 5.97 Å². The van der Waals surface area contributed by atoms with Crippen LogP contribution >= 0.6 is 0 Å². The first-order valence-corrected chi connectivity index (χ1v) is 12.3. The summed E-state index contributed by atoms with van der Waals surface area (Å²) < 4.78 is 15.4. The fourth-order valence-electron chi connectivity index (χ4n) is 3.70. The van der Waals surface area contributed by atoms with Gasteiger partial charge in [-0.25, -0.2) is 0 Å². The van der Waals surface area contributed by atoms with E-state index in [0.717, 1.165) is 38.5 Å². The summed E-state index contributed by atoms with van der Waals surface area (Å²) in [6.07, 6.45) is 14.3. The standard InChI is InChI=1S/C25H44O8/c1-3-4-5-6-7-8-9-10-11-12-13-14-15-16-17-18-20(27)32-25(19-26)23(30)21(28)22(29)24(31-2)33-25/h7-8,10-11,21-24,26,28-30H,3-6,9,12-19H2,1-2H3/b8-7-,11-10-/t21-,22+,23-,24+,25?/m1/s1. The van der Waals surface area contributed by atoms with E-state index in [1.54, 1.807) is 0 Å². The van der Waals surface area contributed by atoms with E-state index in [1.807, 2.05) is 0 Å². The average Bonchev–Trinajstić information content (AvgIpc) is 2.82. The van der Waals surface area contributed by atoms with Gasteiger partial charge in [-0.15, -0.1) is 0 Å². The molecule has 1 heterocycles. The molecular weight excluding hydrogens is 428 g/mol. The van der Waals surface area contributed by atoms with Gasteiger partial charge in [0.05, 0.1) is 0 Å². The van der Waals surface area contributed by atoms with E-state index in [-0.39, 0.29) is 6.42 Å². The molecule has 8 nitrogen and oxygen atoms in total. The van der Waals surface area contributed by atoms with Gasteiger partial charge in [0, 0.05) is 13.5 Å². The van der Waals surface area contributed by atoms with Gasteiger partial charge in [-0.05, 0) is 38.5 Å². The van der Waals surface area contributed by atoms with Crippen molar-refractivity contribution in [3.05, 3.63) is 24.3 Å². The van der Waals surface area contributed by atoms with Crippen LogP contribution in [0.3, 0.4) is 0 Å². The van der Waals surface area contributed by atoms with Crippen molar-refractivity contribution in [2.45, 2.75) is 114 Å². The number of hydrogen-bond donors (Lipinski definition) is 4. The Morgan fingerprint density at radius 3 is 2.12 bits per heavy atom. The maximum atomic E-state index is 12.2. The third-order valence-electron chi connectivity index (χ3n) is 5.79. The van der Waals surface area contributed by atoms with Gasteiger partial charge in [-0.2, -0.15) is 0 Å². The Morgan fingerprint density at radius 2 is 1.52 bits per heavy atom. The van der Waals surface area contributed by atoms with Crippen LogP contribution in [0.5, 0.6) is 0 Å². The molecular formula is C25H44O8. The molecule has 1 aliphatic rings. The highest BCUT2D eigenvalue weighted by molar-refractivity contribution is 5.69. The fourth-order valence-corrected chi connectivity index (χ4v) is 3.70. The quantitative estimate of drug-likeness (QED) is 0.145. The molecule has 8 heteroatoms. The number of methoxy groups -OCH3 is 1. The van der Waals surface area contributed by atoms with Crippen LogP contribution in [-0.4, -0.2) is 70.5 Å². The first-order valence-electron chi connectivity index (χ1n) is 12.3. The second-order valence-electron chi connectivity index (χ2n) is 8.57. The number of allylic oxidation sites excluding steroid dienone is 4. The maximum absolute atomic E-state index is 12.2. The smallest absolute Gasteiger partial charge is 0.308 e. The number of esters is 1. The predicted octanol–water partition coefficient (Wildman–Crippen LogP) is 3.12. The maximum Gasteiger partial charge on any atom is 0.308 e. The molecule has 1 aliphatic heterocycles. The minimum absolute atomic E-state index is 0.0959. The minimum Gasteiger partial charge on any atom is -0.427 e. The lowest BCUT2D eigenvalue weighted by atomic mass is 9.96. The van der Waals surface area contributed by atoms with E-state index in [9.17, 15) is 25.2 Å². The van der Waals surface area contributed by atoms with E-state index < -0.39 is 43.0 Å². The monoisotopic (exact) mass is 472 g/mol. The van der Waals surface area contributed by atoms with Crippen molar-refractivity contribution in [2.24, 2.45) is 0 Å². The lowest BCUT2D eigenvalue weighted by Gasteiger charge is -2.46. The van der Waals surface area contributed by atoms with Gasteiger partial charge in [0.2, 0.25) is 0 Å². The highest BCUT2D eigenvalue weighted by Crippen LogP contribution is 2.32. The van der Waals surface area contributed by atoms with Gasteiger partial charge in [-0.1, -0.05) is 63.3 Å². The minimum atomic E-state index is -2.17. The van der Waals surface area contributed by atoms with Crippen LogP contribution in [0.15, 0.2) is 24.3 Å². The molecule has 1 saturated heterocycles. The Balaban J connectivity index is 2.17. The van der Waals surface area contributed by atoms with Gasteiger partial charge in [0.15, 0.2) is 12.4 Å². The number of hydrogen-bond acceptors (Lipinski definition) is 8.